The number of anilines is 1. The summed E-state index contributed by atoms with van der Waals surface area (Å²) in [7, 11) is 4.28. The van der Waals surface area contributed by atoms with Crippen LogP contribution in [0.2, 0.25) is 0 Å². The minimum atomic E-state index is -0.624. The number of aryl methyl sites for hydroxylation is 2. The van der Waals surface area contributed by atoms with Crippen LogP contribution in [0.1, 0.15) is 21.6 Å². The minimum Gasteiger partial charge on any atom is -0.493 e. The molecule has 8 nitrogen and oxygen atoms in total. The Balaban J connectivity index is 1.91. The number of methoxy groups -OCH3 is 3. The van der Waals surface area contributed by atoms with Gasteiger partial charge < -0.3 is 24.3 Å². The number of nitrogens with one attached hydrogen (secondary N) is 1. The van der Waals surface area contributed by atoms with Gasteiger partial charge in [-0.05, 0) is 43.2 Å². The SMILES string of the molecule is COC(=O)c1cc(OCC(=O)Nc2cc(C)cc(C)c2)c2cc(OC)c(OC)cc2n1. The summed E-state index contributed by atoms with van der Waals surface area (Å²) in [5.74, 6) is 0.244. The number of carbonyl (C=O) groups excluding carboxylic acids is 2. The zero-order valence-corrected chi connectivity index (χ0v) is 18.1. The van der Waals surface area contributed by atoms with Gasteiger partial charge in [0.2, 0.25) is 0 Å². The number of amides is 1. The first-order valence-electron chi connectivity index (χ1n) is 9.50. The molecule has 31 heavy (non-hydrogen) atoms. The van der Waals surface area contributed by atoms with Gasteiger partial charge in [-0.2, -0.15) is 0 Å². The molecule has 3 rings (SSSR count). The molecule has 2 aromatic carbocycles. The van der Waals surface area contributed by atoms with Crippen molar-refractivity contribution in [1.29, 1.82) is 0 Å². The number of hydrogen-bond acceptors (Lipinski definition) is 7. The lowest BCUT2D eigenvalue weighted by atomic mass is 10.1. The van der Waals surface area contributed by atoms with E-state index in [9.17, 15) is 9.59 Å². The summed E-state index contributed by atoms with van der Waals surface area (Å²) < 4.78 is 21.2. The third-order valence-electron chi connectivity index (χ3n) is 4.53. The highest BCUT2D eigenvalue weighted by atomic mass is 16.5. The Morgan fingerprint density at radius 1 is 0.871 bits per heavy atom. The van der Waals surface area contributed by atoms with Crippen molar-refractivity contribution in [3.05, 3.63) is 53.2 Å². The first-order valence-corrected chi connectivity index (χ1v) is 9.50. The molecule has 1 heterocycles. The quantitative estimate of drug-likeness (QED) is 0.578. The van der Waals surface area contributed by atoms with Gasteiger partial charge in [-0.3, -0.25) is 4.79 Å². The monoisotopic (exact) mass is 424 g/mol. The lowest BCUT2D eigenvalue weighted by Crippen LogP contribution is -2.20. The van der Waals surface area contributed by atoms with Crippen LogP contribution in [-0.4, -0.2) is 44.8 Å². The molecule has 0 aliphatic rings. The number of fused-ring (bicyclic) bond motifs is 1. The first-order chi connectivity index (χ1) is 14.8. The summed E-state index contributed by atoms with van der Waals surface area (Å²) in [6.07, 6.45) is 0. The Bertz CT molecular complexity index is 1120. The zero-order chi connectivity index (χ0) is 22.5. The maximum absolute atomic E-state index is 12.5. The van der Waals surface area contributed by atoms with Crippen LogP contribution in [0, 0.1) is 13.8 Å². The number of carbonyl (C=O) groups is 2. The fourth-order valence-corrected chi connectivity index (χ4v) is 3.24. The van der Waals surface area contributed by atoms with Crippen molar-refractivity contribution in [2.45, 2.75) is 13.8 Å². The van der Waals surface area contributed by atoms with Crippen LogP contribution in [0.4, 0.5) is 5.69 Å². The van der Waals surface area contributed by atoms with Crippen LogP contribution in [0.5, 0.6) is 17.2 Å². The van der Waals surface area contributed by atoms with Gasteiger partial charge in [0.05, 0.1) is 26.8 Å². The van der Waals surface area contributed by atoms with Crippen molar-refractivity contribution in [2.24, 2.45) is 0 Å². The van der Waals surface area contributed by atoms with E-state index >= 15 is 0 Å². The molecule has 0 aliphatic carbocycles. The summed E-state index contributed by atoms with van der Waals surface area (Å²) in [6, 6.07) is 10.5. The molecule has 0 unspecified atom stereocenters. The predicted octanol–water partition coefficient (Wildman–Crippen LogP) is 3.67. The van der Waals surface area contributed by atoms with E-state index in [0.717, 1.165) is 11.1 Å². The molecule has 1 aromatic heterocycles. The summed E-state index contributed by atoms with van der Waals surface area (Å²) in [4.78, 5) is 28.8. The molecule has 0 saturated carbocycles. The van der Waals surface area contributed by atoms with Gasteiger partial charge in [0, 0.05) is 23.2 Å². The third-order valence-corrected chi connectivity index (χ3v) is 4.53. The van der Waals surface area contributed by atoms with Crippen molar-refractivity contribution in [3.63, 3.8) is 0 Å². The van der Waals surface area contributed by atoms with Crippen molar-refractivity contribution >= 4 is 28.5 Å². The number of benzene rings is 2. The Hall–Kier alpha value is -3.81. The second kappa shape index (κ2) is 9.34. The summed E-state index contributed by atoms with van der Waals surface area (Å²) in [5, 5.41) is 3.38. The Kier molecular flexibility index (Phi) is 6.59. The van der Waals surface area contributed by atoms with E-state index in [0.29, 0.717) is 33.8 Å². The first kappa shape index (κ1) is 21.9. The smallest absolute Gasteiger partial charge is 0.356 e. The molecular weight excluding hydrogens is 400 g/mol. The molecule has 1 amide bonds. The number of ether oxygens (including phenoxy) is 4. The average molecular weight is 424 g/mol. The fourth-order valence-electron chi connectivity index (χ4n) is 3.24. The highest BCUT2D eigenvalue weighted by Gasteiger charge is 2.17. The molecule has 0 spiro atoms. The molecule has 0 saturated heterocycles. The number of esters is 1. The highest BCUT2D eigenvalue weighted by Crippen LogP contribution is 2.36. The van der Waals surface area contributed by atoms with Gasteiger partial charge in [-0.1, -0.05) is 6.07 Å². The minimum absolute atomic E-state index is 0.0481. The van der Waals surface area contributed by atoms with Crippen molar-refractivity contribution < 1.29 is 28.5 Å². The zero-order valence-electron chi connectivity index (χ0n) is 18.1. The number of rotatable bonds is 7. The van der Waals surface area contributed by atoms with Crippen LogP contribution >= 0.6 is 0 Å². The summed E-state index contributed by atoms with van der Waals surface area (Å²) in [6.45, 7) is 3.65. The van der Waals surface area contributed by atoms with Gasteiger partial charge in [0.1, 0.15) is 5.75 Å². The van der Waals surface area contributed by atoms with Gasteiger partial charge in [-0.25, -0.2) is 9.78 Å². The molecular formula is C23H24N2O6. The molecule has 8 heteroatoms. The van der Waals surface area contributed by atoms with Crippen LogP contribution in [-0.2, 0) is 9.53 Å². The topological polar surface area (TPSA) is 96.0 Å². The number of nitrogens with zero attached hydrogens (tertiary/aromatic N) is 1. The van der Waals surface area contributed by atoms with E-state index in [4.69, 9.17) is 18.9 Å². The molecule has 0 fully saturated rings. The predicted molar refractivity (Wildman–Crippen MR) is 116 cm³/mol. The third kappa shape index (κ3) is 5.03. The van der Waals surface area contributed by atoms with Crippen molar-refractivity contribution in [3.8, 4) is 17.2 Å². The summed E-state index contributed by atoms with van der Waals surface area (Å²) in [5.41, 5.74) is 3.25. The van der Waals surface area contributed by atoms with E-state index < -0.39 is 5.97 Å². The lowest BCUT2D eigenvalue weighted by molar-refractivity contribution is -0.118. The second-order valence-electron chi connectivity index (χ2n) is 6.93. The van der Waals surface area contributed by atoms with E-state index in [1.807, 2.05) is 32.0 Å². The number of hydrogen-bond donors (Lipinski definition) is 1. The number of aromatic nitrogens is 1. The highest BCUT2D eigenvalue weighted by molar-refractivity contribution is 5.96. The molecule has 162 valence electrons. The second-order valence-corrected chi connectivity index (χ2v) is 6.93. The van der Waals surface area contributed by atoms with E-state index in [1.54, 1.807) is 12.1 Å². The average Bonchev–Trinajstić information content (AvgIpc) is 2.74. The molecule has 0 atom stereocenters. The largest absolute Gasteiger partial charge is 0.493 e. The Labute approximate surface area is 180 Å². The molecule has 0 radical (unpaired) electrons. The maximum atomic E-state index is 12.5. The maximum Gasteiger partial charge on any atom is 0.356 e. The van der Waals surface area contributed by atoms with Gasteiger partial charge in [0.25, 0.3) is 5.91 Å². The van der Waals surface area contributed by atoms with Crippen LogP contribution in [0.25, 0.3) is 10.9 Å². The van der Waals surface area contributed by atoms with E-state index in [-0.39, 0.29) is 18.2 Å². The van der Waals surface area contributed by atoms with Crippen molar-refractivity contribution in [1.82, 2.24) is 4.98 Å². The van der Waals surface area contributed by atoms with Crippen molar-refractivity contribution in [2.75, 3.05) is 33.3 Å². The standard InChI is InChI=1S/C23H24N2O6/c1-13-6-14(2)8-15(7-13)24-22(26)12-31-19-11-18(23(27)30-5)25-17-10-21(29-4)20(28-3)9-16(17)19/h6-11H,12H2,1-5H3,(H,24,26). The van der Waals surface area contributed by atoms with Gasteiger partial charge in [0.15, 0.2) is 23.8 Å². The molecule has 3 aromatic rings. The number of pyridine rings is 1. The normalized spacial score (nSPS) is 10.5. The lowest BCUT2D eigenvalue weighted by Gasteiger charge is -2.14. The molecule has 0 bridgehead atoms. The van der Waals surface area contributed by atoms with Gasteiger partial charge in [-0.15, -0.1) is 0 Å². The van der Waals surface area contributed by atoms with E-state index in [2.05, 4.69) is 10.3 Å². The Morgan fingerprint density at radius 2 is 1.52 bits per heavy atom. The van der Waals surface area contributed by atoms with E-state index in [1.165, 1.54) is 27.4 Å². The molecule has 1 N–H and O–H groups in total. The fraction of sp³-hybridized carbons (Fsp3) is 0.261. The van der Waals surface area contributed by atoms with Crippen LogP contribution in [0.3, 0.4) is 0 Å². The molecule has 0 aliphatic heterocycles. The van der Waals surface area contributed by atoms with Crippen LogP contribution in [0.15, 0.2) is 36.4 Å². The Morgan fingerprint density at radius 3 is 2.13 bits per heavy atom. The van der Waals surface area contributed by atoms with Gasteiger partial charge >= 0.3 is 5.97 Å². The van der Waals surface area contributed by atoms with Crippen LogP contribution < -0.4 is 19.5 Å². The summed E-state index contributed by atoms with van der Waals surface area (Å²) >= 11 is 0.